The summed E-state index contributed by atoms with van der Waals surface area (Å²) < 4.78 is 0. The average molecular weight is 112 g/mol. The lowest BCUT2D eigenvalue weighted by molar-refractivity contribution is -0.122. The monoisotopic (exact) mass is 112 g/mol. The maximum Gasteiger partial charge on any atom is 0.229 e. The van der Waals surface area contributed by atoms with Gasteiger partial charge in [0.2, 0.25) is 12.0 Å². The van der Waals surface area contributed by atoms with Crippen molar-refractivity contribution in [2.75, 3.05) is 0 Å². The molecule has 42 valence electrons. The van der Waals surface area contributed by atoms with Crippen LogP contribution >= 0.6 is 0 Å². The highest BCUT2D eigenvalue weighted by Gasteiger charge is 2.11. The second kappa shape index (κ2) is 1.83. The van der Waals surface area contributed by atoms with Gasteiger partial charge in [-0.2, -0.15) is 5.11 Å². The summed E-state index contributed by atoms with van der Waals surface area (Å²) in [7, 11) is 0. The molecule has 1 unspecified atom stereocenters. The molecule has 0 saturated heterocycles. The highest BCUT2D eigenvalue weighted by atomic mass is 16.3. The molecule has 0 aromatic heterocycles. The Morgan fingerprint density at radius 3 is 2.88 bits per heavy atom. The van der Waals surface area contributed by atoms with Gasteiger partial charge >= 0.3 is 0 Å². The number of carbonyl (C=O) groups is 1. The number of ketones is 1. The molecule has 0 radical (unpaired) electrons. The van der Waals surface area contributed by atoms with Crippen LogP contribution in [-0.2, 0) is 4.79 Å². The zero-order valence-electron chi connectivity index (χ0n) is 3.98. The molecule has 0 bridgehead atoms. The molecule has 0 fully saturated rings. The summed E-state index contributed by atoms with van der Waals surface area (Å²) in [5, 5.41) is 15.0. The Bertz CT molecular complexity index is 161. The zero-order valence-corrected chi connectivity index (χ0v) is 3.98. The molecule has 8 heavy (non-hydrogen) atoms. The van der Waals surface area contributed by atoms with Crippen LogP contribution in [-0.4, -0.2) is 17.1 Å². The van der Waals surface area contributed by atoms with Crippen LogP contribution in [0.4, 0.5) is 0 Å². The Morgan fingerprint density at radius 2 is 2.50 bits per heavy atom. The Labute approximate surface area is 45.5 Å². The zero-order chi connectivity index (χ0) is 5.98. The van der Waals surface area contributed by atoms with Crippen molar-refractivity contribution in [1.82, 2.24) is 0 Å². The second-order valence-corrected chi connectivity index (χ2v) is 1.32. The van der Waals surface area contributed by atoms with Gasteiger partial charge < -0.3 is 5.11 Å². The summed E-state index contributed by atoms with van der Waals surface area (Å²) in [6, 6.07) is 0. The number of hydrogen-bond donors (Lipinski definition) is 1. The van der Waals surface area contributed by atoms with Crippen LogP contribution < -0.4 is 0 Å². The van der Waals surface area contributed by atoms with Crippen molar-refractivity contribution in [3.63, 3.8) is 0 Å². The molecular formula is C4H4N2O2. The third-order valence-corrected chi connectivity index (χ3v) is 0.736. The fourth-order valence-corrected chi connectivity index (χ4v) is 0.351. The van der Waals surface area contributed by atoms with Gasteiger partial charge in [0.25, 0.3) is 0 Å². The van der Waals surface area contributed by atoms with E-state index < -0.39 is 12.0 Å². The number of nitrogens with zero attached hydrogens (tertiary/aromatic N) is 2. The third kappa shape index (κ3) is 0.788. The maximum atomic E-state index is 10.3. The highest BCUT2D eigenvalue weighted by Crippen LogP contribution is 1.97. The first-order chi connectivity index (χ1) is 3.80. The molecule has 4 heteroatoms. The van der Waals surface area contributed by atoms with Crippen LogP contribution in [0.5, 0.6) is 0 Å². The largest absolute Gasteiger partial charge is 0.364 e. The van der Waals surface area contributed by atoms with Crippen LogP contribution in [0, 0.1) is 0 Å². The molecule has 0 saturated carbocycles. The van der Waals surface area contributed by atoms with Gasteiger partial charge in [0.1, 0.15) is 0 Å². The van der Waals surface area contributed by atoms with Crippen molar-refractivity contribution in [2.45, 2.75) is 6.23 Å². The van der Waals surface area contributed by atoms with Gasteiger partial charge in [-0.15, -0.1) is 5.11 Å². The van der Waals surface area contributed by atoms with Gasteiger partial charge in [0.15, 0.2) is 0 Å². The quantitative estimate of drug-likeness (QED) is 0.473. The molecule has 1 atom stereocenters. The first-order valence-electron chi connectivity index (χ1n) is 2.09. The number of azo groups is 1. The number of carbonyl (C=O) groups excluding carboxylic acids is 1. The van der Waals surface area contributed by atoms with Gasteiger partial charge in [-0.3, -0.25) is 4.79 Å². The lowest BCUT2D eigenvalue weighted by atomic mass is 10.3. The summed E-state index contributed by atoms with van der Waals surface area (Å²) in [5.41, 5.74) is 0. The van der Waals surface area contributed by atoms with E-state index in [-0.39, 0.29) is 0 Å². The summed E-state index contributed by atoms with van der Waals surface area (Å²) in [6.45, 7) is 0. The van der Waals surface area contributed by atoms with E-state index in [1.54, 1.807) is 0 Å². The molecule has 0 amide bonds. The fourth-order valence-electron chi connectivity index (χ4n) is 0.351. The summed E-state index contributed by atoms with van der Waals surface area (Å²) in [5.74, 6) is -0.417. The minimum Gasteiger partial charge on any atom is -0.364 e. The van der Waals surface area contributed by atoms with Crippen LogP contribution in [0.3, 0.4) is 0 Å². The molecule has 1 rings (SSSR count). The van der Waals surface area contributed by atoms with Crippen molar-refractivity contribution >= 4 is 5.78 Å². The summed E-state index contributed by atoms with van der Waals surface area (Å²) >= 11 is 0. The topological polar surface area (TPSA) is 62.0 Å². The molecule has 0 aromatic rings. The molecule has 1 aliphatic rings. The van der Waals surface area contributed by atoms with Crippen LogP contribution in [0.15, 0.2) is 22.5 Å². The molecule has 1 aliphatic heterocycles. The molecular weight excluding hydrogens is 108 g/mol. The average Bonchev–Trinajstić information content (AvgIpc) is 1.77. The first kappa shape index (κ1) is 5.11. The molecule has 0 spiro atoms. The van der Waals surface area contributed by atoms with Crippen molar-refractivity contribution in [3.8, 4) is 0 Å². The van der Waals surface area contributed by atoms with Crippen LogP contribution in [0.1, 0.15) is 0 Å². The van der Waals surface area contributed by atoms with E-state index in [2.05, 4.69) is 10.2 Å². The van der Waals surface area contributed by atoms with Crippen LogP contribution in [0.25, 0.3) is 0 Å². The standard InChI is InChI=1S/C4H4N2O2/c7-3-1-2-5-6-4(3)8/h1-2,4,8H. The Kier molecular flexibility index (Phi) is 1.17. The van der Waals surface area contributed by atoms with E-state index in [9.17, 15) is 4.79 Å². The Morgan fingerprint density at radius 1 is 1.75 bits per heavy atom. The maximum absolute atomic E-state index is 10.3. The van der Waals surface area contributed by atoms with Crippen LogP contribution in [0.2, 0.25) is 0 Å². The molecule has 1 heterocycles. The van der Waals surface area contributed by atoms with Gasteiger partial charge in [-0.05, 0) is 0 Å². The number of aliphatic hydroxyl groups excluding tert-OH is 1. The second-order valence-electron chi connectivity index (χ2n) is 1.32. The minimum atomic E-state index is -1.26. The van der Waals surface area contributed by atoms with Gasteiger partial charge in [0.05, 0.1) is 6.20 Å². The first-order valence-corrected chi connectivity index (χ1v) is 2.09. The third-order valence-electron chi connectivity index (χ3n) is 0.736. The number of rotatable bonds is 0. The van der Waals surface area contributed by atoms with E-state index in [1.165, 1.54) is 12.3 Å². The number of hydrogen-bond acceptors (Lipinski definition) is 4. The normalized spacial score (nSPS) is 26.6. The van der Waals surface area contributed by atoms with Crippen molar-refractivity contribution in [3.05, 3.63) is 12.3 Å². The van der Waals surface area contributed by atoms with E-state index in [1.807, 2.05) is 0 Å². The predicted molar refractivity (Wildman–Crippen MR) is 25.0 cm³/mol. The molecule has 4 nitrogen and oxygen atoms in total. The molecule has 0 aromatic carbocycles. The van der Waals surface area contributed by atoms with Gasteiger partial charge in [0, 0.05) is 6.08 Å². The minimum absolute atomic E-state index is 0.417. The number of aliphatic hydroxyl groups is 1. The van der Waals surface area contributed by atoms with E-state index in [0.29, 0.717) is 0 Å². The predicted octanol–water partition coefficient (Wildman–Crippen LogP) is -0.147. The summed E-state index contributed by atoms with van der Waals surface area (Å²) in [4.78, 5) is 10.3. The molecule has 1 N–H and O–H groups in total. The van der Waals surface area contributed by atoms with Gasteiger partial charge in [-0.1, -0.05) is 0 Å². The van der Waals surface area contributed by atoms with Gasteiger partial charge in [-0.25, -0.2) is 0 Å². The van der Waals surface area contributed by atoms with Crippen molar-refractivity contribution in [2.24, 2.45) is 10.2 Å². The Hall–Kier alpha value is -1.03. The SMILES string of the molecule is O=C1C=CN=NC1O. The Balaban J connectivity index is 2.74. The molecule has 0 aliphatic carbocycles. The lowest BCUT2D eigenvalue weighted by Crippen LogP contribution is -2.15. The summed E-state index contributed by atoms with van der Waals surface area (Å²) in [6.07, 6.45) is 1.16. The van der Waals surface area contributed by atoms with E-state index >= 15 is 0 Å². The highest BCUT2D eigenvalue weighted by molar-refractivity contribution is 5.93. The van der Waals surface area contributed by atoms with Crippen molar-refractivity contribution < 1.29 is 9.90 Å². The van der Waals surface area contributed by atoms with Crippen molar-refractivity contribution in [1.29, 1.82) is 0 Å². The fraction of sp³-hybridized carbons (Fsp3) is 0.250. The van der Waals surface area contributed by atoms with E-state index in [4.69, 9.17) is 5.11 Å². The lowest BCUT2D eigenvalue weighted by Gasteiger charge is -1.98. The van der Waals surface area contributed by atoms with E-state index in [0.717, 1.165) is 0 Å². The smallest absolute Gasteiger partial charge is 0.229 e.